The lowest BCUT2D eigenvalue weighted by Gasteiger charge is -2.14. The minimum absolute atomic E-state index is 0.0615. The van der Waals surface area contributed by atoms with Gasteiger partial charge in [0.1, 0.15) is 11.4 Å². The van der Waals surface area contributed by atoms with Crippen LogP contribution in [0, 0.1) is 0 Å². The molecule has 0 saturated heterocycles. The molecule has 2 aromatic rings. The number of benzene rings is 1. The van der Waals surface area contributed by atoms with Crippen molar-refractivity contribution in [3.8, 4) is 5.75 Å². The van der Waals surface area contributed by atoms with E-state index in [9.17, 15) is 4.79 Å². The fraction of sp³-hybridized carbons (Fsp3) is 0.250. The fourth-order valence-corrected chi connectivity index (χ4v) is 1.97. The summed E-state index contributed by atoms with van der Waals surface area (Å²) in [5, 5.41) is 12.2. The van der Waals surface area contributed by atoms with E-state index >= 15 is 0 Å². The molecule has 2 rings (SSSR count). The topological polar surface area (TPSA) is 71.5 Å². The number of methoxy groups -OCH3 is 1. The van der Waals surface area contributed by atoms with Crippen LogP contribution in [0.5, 0.6) is 5.75 Å². The van der Waals surface area contributed by atoms with Crippen LogP contribution in [0.3, 0.4) is 0 Å². The number of nitrogens with zero attached hydrogens (tertiary/aromatic N) is 1. The first-order valence-corrected chi connectivity index (χ1v) is 6.66. The summed E-state index contributed by atoms with van der Waals surface area (Å²) in [6, 6.07) is 12.9. The molecule has 1 unspecified atom stereocenters. The van der Waals surface area contributed by atoms with Crippen molar-refractivity contribution in [2.75, 3.05) is 7.11 Å². The Kier molecular flexibility index (Phi) is 4.90. The van der Waals surface area contributed by atoms with Crippen molar-refractivity contribution in [2.45, 2.75) is 19.5 Å². The summed E-state index contributed by atoms with van der Waals surface area (Å²) >= 11 is 0. The molecule has 0 saturated carbocycles. The largest absolute Gasteiger partial charge is 0.497 e. The van der Waals surface area contributed by atoms with Crippen molar-refractivity contribution in [2.24, 2.45) is 0 Å². The van der Waals surface area contributed by atoms with E-state index in [1.807, 2.05) is 31.2 Å². The highest BCUT2D eigenvalue weighted by Gasteiger charge is 2.08. The Bertz CT molecular complexity index is 611. The van der Waals surface area contributed by atoms with Crippen molar-refractivity contribution in [3.05, 3.63) is 59.4 Å². The second kappa shape index (κ2) is 6.85. The summed E-state index contributed by atoms with van der Waals surface area (Å²) in [5.74, 6) is -0.193. The van der Waals surface area contributed by atoms with E-state index in [1.54, 1.807) is 19.2 Å². The molecule has 0 aliphatic rings. The van der Waals surface area contributed by atoms with Gasteiger partial charge in [0.15, 0.2) is 0 Å². The summed E-state index contributed by atoms with van der Waals surface area (Å²) in [6.07, 6.45) is 0. The number of hydrogen-bond donors (Lipinski definition) is 2. The minimum atomic E-state index is -1.01. The zero-order valence-electron chi connectivity index (χ0n) is 12.0. The summed E-state index contributed by atoms with van der Waals surface area (Å²) < 4.78 is 5.13. The molecule has 0 aliphatic carbocycles. The standard InChI is InChI=1S/C16H18N2O3/c1-11(12-6-8-14(21-2)9-7-12)17-10-13-4-3-5-15(18-13)16(19)20/h3-9,11,17H,10H2,1-2H3,(H,19,20). The zero-order chi connectivity index (χ0) is 15.2. The zero-order valence-corrected chi connectivity index (χ0v) is 12.0. The first kappa shape index (κ1) is 15.0. The number of aromatic carboxylic acids is 1. The predicted octanol–water partition coefficient (Wildman–Crippen LogP) is 2.64. The molecule has 1 heterocycles. The van der Waals surface area contributed by atoms with Crippen LogP contribution in [0.25, 0.3) is 0 Å². The molecule has 0 radical (unpaired) electrons. The molecule has 5 nitrogen and oxygen atoms in total. The molecule has 2 N–H and O–H groups in total. The van der Waals surface area contributed by atoms with Crippen molar-refractivity contribution < 1.29 is 14.6 Å². The Morgan fingerprint density at radius 1 is 1.29 bits per heavy atom. The van der Waals surface area contributed by atoms with E-state index in [4.69, 9.17) is 9.84 Å². The highest BCUT2D eigenvalue weighted by Crippen LogP contribution is 2.17. The molecular formula is C16H18N2O3. The number of hydrogen-bond acceptors (Lipinski definition) is 4. The Hall–Kier alpha value is -2.40. The Morgan fingerprint density at radius 2 is 2.00 bits per heavy atom. The number of pyridine rings is 1. The average molecular weight is 286 g/mol. The summed E-state index contributed by atoms with van der Waals surface area (Å²) in [4.78, 5) is 15.0. The number of nitrogens with one attached hydrogen (secondary N) is 1. The van der Waals surface area contributed by atoms with Gasteiger partial charge in [0, 0.05) is 12.6 Å². The second-order valence-corrected chi connectivity index (χ2v) is 4.70. The Balaban J connectivity index is 1.98. The SMILES string of the molecule is COc1ccc(C(C)NCc2cccc(C(=O)O)n2)cc1. The van der Waals surface area contributed by atoms with Gasteiger partial charge in [-0.05, 0) is 36.8 Å². The Morgan fingerprint density at radius 3 is 2.62 bits per heavy atom. The predicted molar refractivity (Wildman–Crippen MR) is 79.4 cm³/mol. The van der Waals surface area contributed by atoms with Gasteiger partial charge in [0.2, 0.25) is 0 Å². The molecule has 0 fully saturated rings. The van der Waals surface area contributed by atoms with Crippen LogP contribution in [-0.4, -0.2) is 23.2 Å². The van der Waals surface area contributed by atoms with Crippen molar-refractivity contribution in [3.63, 3.8) is 0 Å². The van der Waals surface area contributed by atoms with Crippen LogP contribution in [0.4, 0.5) is 0 Å². The molecule has 21 heavy (non-hydrogen) atoms. The first-order chi connectivity index (χ1) is 10.1. The van der Waals surface area contributed by atoms with E-state index in [0.29, 0.717) is 12.2 Å². The Labute approximate surface area is 123 Å². The van der Waals surface area contributed by atoms with Crippen LogP contribution in [0.15, 0.2) is 42.5 Å². The second-order valence-electron chi connectivity index (χ2n) is 4.70. The maximum Gasteiger partial charge on any atom is 0.354 e. The number of carbonyl (C=O) groups is 1. The lowest BCUT2D eigenvalue weighted by atomic mass is 10.1. The quantitative estimate of drug-likeness (QED) is 0.854. The fourth-order valence-electron chi connectivity index (χ4n) is 1.97. The van der Waals surface area contributed by atoms with Crippen molar-refractivity contribution >= 4 is 5.97 Å². The van der Waals surface area contributed by atoms with E-state index in [-0.39, 0.29) is 11.7 Å². The number of carboxylic acids is 1. The van der Waals surface area contributed by atoms with Gasteiger partial charge in [-0.1, -0.05) is 18.2 Å². The third-order valence-corrected chi connectivity index (χ3v) is 3.23. The maximum atomic E-state index is 10.9. The van der Waals surface area contributed by atoms with E-state index in [0.717, 1.165) is 11.3 Å². The normalized spacial score (nSPS) is 11.9. The van der Waals surface area contributed by atoms with Gasteiger partial charge < -0.3 is 15.2 Å². The molecule has 0 aliphatic heterocycles. The molecule has 1 atom stereocenters. The number of rotatable bonds is 6. The highest BCUT2D eigenvalue weighted by molar-refractivity contribution is 5.85. The van der Waals surface area contributed by atoms with Gasteiger partial charge in [-0.25, -0.2) is 9.78 Å². The maximum absolute atomic E-state index is 10.9. The summed E-state index contributed by atoms with van der Waals surface area (Å²) in [7, 11) is 1.64. The molecule has 5 heteroatoms. The number of carboxylic acid groups (broad SMARTS) is 1. The molecule has 0 amide bonds. The van der Waals surface area contributed by atoms with Gasteiger partial charge in [-0.3, -0.25) is 0 Å². The van der Waals surface area contributed by atoms with Crippen molar-refractivity contribution in [1.82, 2.24) is 10.3 Å². The molecule has 1 aromatic heterocycles. The van der Waals surface area contributed by atoms with Gasteiger partial charge in [0.05, 0.1) is 12.8 Å². The van der Waals surface area contributed by atoms with Crippen LogP contribution >= 0.6 is 0 Å². The van der Waals surface area contributed by atoms with Crippen LogP contribution in [-0.2, 0) is 6.54 Å². The molecule has 0 spiro atoms. The summed E-state index contributed by atoms with van der Waals surface area (Å²) in [5.41, 5.74) is 1.90. The average Bonchev–Trinajstić information content (AvgIpc) is 2.53. The van der Waals surface area contributed by atoms with Crippen LogP contribution in [0.2, 0.25) is 0 Å². The van der Waals surface area contributed by atoms with Gasteiger partial charge in [-0.15, -0.1) is 0 Å². The monoisotopic (exact) mass is 286 g/mol. The lowest BCUT2D eigenvalue weighted by molar-refractivity contribution is 0.0690. The van der Waals surface area contributed by atoms with Gasteiger partial charge >= 0.3 is 5.97 Å². The molecule has 1 aromatic carbocycles. The lowest BCUT2D eigenvalue weighted by Crippen LogP contribution is -2.19. The van der Waals surface area contributed by atoms with Crippen molar-refractivity contribution in [1.29, 1.82) is 0 Å². The van der Waals surface area contributed by atoms with E-state index < -0.39 is 5.97 Å². The molecular weight excluding hydrogens is 268 g/mol. The first-order valence-electron chi connectivity index (χ1n) is 6.66. The molecule has 110 valence electrons. The number of ether oxygens (including phenoxy) is 1. The van der Waals surface area contributed by atoms with Gasteiger partial charge in [0.25, 0.3) is 0 Å². The molecule has 0 bridgehead atoms. The highest BCUT2D eigenvalue weighted by atomic mass is 16.5. The van der Waals surface area contributed by atoms with E-state index in [2.05, 4.69) is 10.3 Å². The third-order valence-electron chi connectivity index (χ3n) is 3.23. The minimum Gasteiger partial charge on any atom is -0.497 e. The smallest absolute Gasteiger partial charge is 0.354 e. The van der Waals surface area contributed by atoms with E-state index in [1.165, 1.54) is 6.07 Å². The summed E-state index contributed by atoms with van der Waals surface area (Å²) in [6.45, 7) is 2.55. The van der Waals surface area contributed by atoms with Gasteiger partial charge in [-0.2, -0.15) is 0 Å². The van der Waals surface area contributed by atoms with Crippen LogP contribution in [0.1, 0.15) is 34.7 Å². The third kappa shape index (κ3) is 4.03. The van der Waals surface area contributed by atoms with Crippen LogP contribution < -0.4 is 10.1 Å². The number of aromatic nitrogens is 1.